The molecule has 0 saturated carbocycles. The lowest BCUT2D eigenvalue weighted by molar-refractivity contribution is -0.147. The highest BCUT2D eigenvalue weighted by Gasteiger charge is 2.45. The number of piperidine rings is 1. The molecule has 2 heterocycles. The number of carbonyl (C=O) groups is 2. The van der Waals surface area contributed by atoms with Crippen LogP contribution in [0.3, 0.4) is 0 Å². The molecule has 0 N–H and O–H groups in total. The van der Waals surface area contributed by atoms with Gasteiger partial charge in [-0.15, -0.1) is 0 Å². The first-order valence-corrected chi connectivity index (χ1v) is 10.7. The SMILES string of the molecule is Cc1ccc(-c2cc(CC3(C(=O)N(C)C)CCCN(C(=O)CC(C)C)C3)on2)cc1. The molecule has 1 saturated heterocycles. The van der Waals surface area contributed by atoms with Crippen LogP contribution >= 0.6 is 0 Å². The summed E-state index contributed by atoms with van der Waals surface area (Å²) in [7, 11) is 3.55. The van der Waals surface area contributed by atoms with Gasteiger partial charge in [-0.05, 0) is 25.7 Å². The molecular formula is C24H33N3O3. The summed E-state index contributed by atoms with van der Waals surface area (Å²) in [6, 6.07) is 10.0. The van der Waals surface area contributed by atoms with Crippen LogP contribution < -0.4 is 0 Å². The predicted molar refractivity (Wildman–Crippen MR) is 117 cm³/mol. The number of carbonyl (C=O) groups excluding carboxylic acids is 2. The zero-order valence-electron chi connectivity index (χ0n) is 18.8. The molecule has 162 valence electrons. The van der Waals surface area contributed by atoms with Crippen molar-refractivity contribution in [3.63, 3.8) is 0 Å². The van der Waals surface area contributed by atoms with E-state index < -0.39 is 5.41 Å². The Morgan fingerprint density at radius 2 is 1.93 bits per heavy atom. The topological polar surface area (TPSA) is 66.7 Å². The Kier molecular flexibility index (Phi) is 6.64. The Bertz CT molecular complexity index is 885. The van der Waals surface area contributed by atoms with Crippen molar-refractivity contribution in [2.75, 3.05) is 27.2 Å². The molecule has 0 radical (unpaired) electrons. The molecule has 2 amide bonds. The molecule has 1 aromatic carbocycles. The third kappa shape index (κ3) is 4.91. The van der Waals surface area contributed by atoms with E-state index in [0.29, 0.717) is 37.6 Å². The second kappa shape index (κ2) is 9.02. The van der Waals surface area contributed by atoms with Gasteiger partial charge in [-0.1, -0.05) is 48.8 Å². The van der Waals surface area contributed by atoms with Gasteiger partial charge in [0.25, 0.3) is 0 Å². The third-order valence-electron chi connectivity index (χ3n) is 5.79. The van der Waals surface area contributed by atoms with Crippen molar-refractivity contribution in [3.8, 4) is 11.3 Å². The maximum absolute atomic E-state index is 13.3. The van der Waals surface area contributed by atoms with Crippen LogP contribution in [0.5, 0.6) is 0 Å². The highest BCUT2D eigenvalue weighted by molar-refractivity contribution is 5.84. The number of hydrogen-bond donors (Lipinski definition) is 0. The van der Waals surface area contributed by atoms with Crippen molar-refractivity contribution in [1.29, 1.82) is 0 Å². The van der Waals surface area contributed by atoms with Crippen LogP contribution in [0, 0.1) is 18.3 Å². The second-order valence-corrected chi connectivity index (χ2v) is 9.22. The van der Waals surface area contributed by atoms with Crippen molar-refractivity contribution in [2.24, 2.45) is 11.3 Å². The highest BCUT2D eigenvalue weighted by Crippen LogP contribution is 2.36. The van der Waals surface area contributed by atoms with E-state index in [1.807, 2.05) is 56.0 Å². The van der Waals surface area contributed by atoms with Crippen LogP contribution in [0.25, 0.3) is 11.3 Å². The van der Waals surface area contributed by atoms with E-state index in [-0.39, 0.29) is 11.8 Å². The molecule has 0 spiro atoms. The normalized spacial score (nSPS) is 19.2. The van der Waals surface area contributed by atoms with E-state index in [1.54, 1.807) is 19.0 Å². The molecule has 1 atom stereocenters. The molecule has 1 aliphatic rings. The molecule has 6 nitrogen and oxygen atoms in total. The van der Waals surface area contributed by atoms with Gasteiger partial charge in [0.05, 0.1) is 5.41 Å². The van der Waals surface area contributed by atoms with Crippen LogP contribution in [0.1, 0.15) is 44.4 Å². The zero-order valence-corrected chi connectivity index (χ0v) is 18.8. The molecular weight excluding hydrogens is 378 g/mol. The van der Waals surface area contributed by atoms with Gasteiger partial charge in [0.2, 0.25) is 11.8 Å². The lowest BCUT2D eigenvalue weighted by atomic mass is 9.75. The van der Waals surface area contributed by atoms with Crippen LogP contribution in [-0.2, 0) is 16.0 Å². The standard InChI is InChI=1S/C24H33N3O3/c1-17(2)13-22(28)27-12-6-11-24(16-27,23(29)26(4)5)15-20-14-21(25-30-20)19-9-7-18(3)8-10-19/h7-10,14,17H,6,11-13,15-16H2,1-5H3. The number of hydrogen-bond acceptors (Lipinski definition) is 4. The Morgan fingerprint density at radius 3 is 2.57 bits per heavy atom. The summed E-state index contributed by atoms with van der Waals surface area (Å²) in [4.78, 5) is 29.5. The van der Waals surface area contributed by atoms with Gasteiger partial charge in [0.1, 0.15) is 11.5 Å². The van der Waals surface area contributed by atoms with Gasteiger partial charge < -0.3 is 14.3 Å². The van der Waals surface area contributed by atoms with Crippen LogP contribution in [0.4, 0.5) is 0 Å². The first-order chi connectivity index (χ1) is 14.2. The number of benzene rings is 1. The summed E-state index contributed by atoms with van der Waals surface area (Å²) < 4.78 is 5.64. The summed E-state index contributed by atoms with van der Waals surface area (Å²) in [5, 5.41) is 4.23. The molecule has 1 fully saturated rings. The van der Waals surface area contributed by atoms with Gasteiger partial charge in [-0.3, -0.25) is 9.59 Å². The first-order valence-electron chi connectivity index (χ1n) is 10.7. The van der Waals surface area contributed by atoms with E-state index in [1.165, 1.54) is 5.56 Å². The van der Waals surface area contributed by atoms with Gasteiger partial charge in [-0.25, -0.2) is 0 Å². The Morgan fingerprint density at radius 1 is 1.23 bits per heavy atom. The summed E-state index contributed by atoms with van der Waals surface area (Å²) in [5.74, 6) is 1.14. The fraction of sp³-hybridized carbons (Fsp3) is 0.542. The van der Waals surface area contributed by atoms with E-state index in [2.05, 4.69) is 5.16 Å². The maximum Gasteiger partial charge on any atom is 0.230 e. The number of rotatable bonds is 6. The highest BCUT2D eigenvalue weighted by atomic mass is 16.5. The molecule has 30 heavy (non-hydrogen) atoms. The van der Waals surface area contributed by atoms with Gasteiger partial charge >= 0.3 is 0 Å². The van der Waals surface area contributed by atoms with Crippen LogP contribution in [-0.4, -0.2) is 54.0 Å². The van der Waals surface area contributed by atoms with Crippen molar-refractivity contribution >= 4 is 11.8 Å². The molecule has 2 aromatic rings. The predicted octanol–water partition coefficient (Wildman–Crippen LogP) is 3.94. The second-order valence-electron chi connectivity index (χ2n) is 9.22. The smallest absolute Gasteiger partial charge is 0.230 e. The monoisotopic (exact) mass is 411 g/mol. The van der Waals surface area contributed by atoms with Crippen molar-refractivity contribution in [3.05, 3.63) is 41.7 Å². The molecule has 0 bridgehead atoms. The maximum atomic E-state index is 13.3. The van der Waals surface area contributed by atoms with Crippen LogP contribution in [0.15, 0.2) is 34.9 Å². The number of likely N-dealkylation sites (tertiary alicyclic amines) is 1. The number of aryl methyl sites for hydroxylation is 1. The molecule has 0 aliphatic carbocycles. The summed E-state index contributed by atoms with van der Waals surface area (Å²) >= 11 is 0. The van der Waals surface area contributed by atoms with Gasteiger partial charge in [0, 0.05) is 51.7 Å². The van der Waals surface area contributed by atoms with Crippen molar-refractivity contribution in [2.45, 2.75) is 46.5 Å². The number of nitrogens with zero attached hydrogens (tertiary/aromatic N) is 3. The Labute approximate surface area is 179 Å². The largest absolute Gasteiger partial charge is 0.361 e. The lowest BCUT2D eigenvalue weighted by Gasteiger charge is -2.42. The third-order valence-corrected chi connectivity index (χ3v) is 5.79. The summed E-state index contributed by atoms with van der Waals surface area (Å²) in [5.41, 5.74) is 2.26. The molecule has 1 aromatic heterocycles. The average Bonchev–Trinajstić information content (AvgIpc) is 3.15. The zero-order chi connectivity index (χ0) is 21.9. The first kappa shape index (κ1) is 22.1. The van der Waals surface area contributed by atoms with Crippen molar-refractivity contribution < 1.29 is 14.1 Å². The average molecular weight is 412 g/mol. The molecule has 3 rings (SSSR count). The fourth-order valence-electron chi connectivity index (χ4n) is 4.28. The molecule has 1 aliphatic heterocycles. The van der Waals surface area contributed by atoms with E-state index >= 15 is 0 Å². The van der Waals surface area contributed by atoms with E-state index in [9.17, 15) is 9.59 Å². The minimum absolute atomic E-state index is 0.0397. The number of aromatic nitrogens is 1. The van der Waals surface area contributed by atoms with E-state index in [4.69, 9.17) is 4.52 Å². The number of amides is 2. The summed E-state index contributed by atoms with van der Waals surface area (Å²) in [6.07, 6.45) is 2.48. The Balaban J connectivity index is 1.85. The van der Waals surface area contributed by atoms with Gasteiger partial charge in [0.15, 0.2) is 0 Å². The minimum atomic E-state index is -0.682. The van der Waals surface area contributed by atoms with Gasteiger partial charge in [-0.2, -0.15) is 0 Å². The lowest BCUT2D eigenvalue weighted by Crippen LogP contribution is -2.54. The fourth-order valence-corrected chi connectivity index (χ4v) is 4.28. The van der Waals surface area contributed by atoms with E-state index in [0.717, 1.165) is 24.1 Å². The molecule has 6 heteroatoms. The summed E-state index contributed by atoms with van der Waals surface area (Å²) in [6.45, 7) is 7.27. The Hall–Kier alpha value is -2.63. The molecule has 1 unspecified atom stereocenters. The minimum Gasteiger partial charge on any atom is -0.361 e. The van der Waals surface area contributed by atoms with Crippen molar-refractivity contribution in [1.82, 2.24) is 15.0 Å². The quantitative estimate of drug-likeness (QED) is 0.722. The van der Waals surface area contributed by atoms with Crippen LogP contribution in [0.2, 0.25) is 0 Å².